The third-order valence-corrected chi connectivity index (χ3v) is 3.21. The zero-order valence-corrected chi connectivity index (χ0v) is 7.45. The molecule has 0 amide bonds. The number of carbonyl (C=O) groups excluding carboxylic acids is 1. The van der Waals surface area contributed by atoms with Gasteiger partial charge in [-0.2, -0.15) is 0 Å². The summed E-state index contributed by atoms with van der Waals surface area (Å²) in [5, 5.41) is 0. The average molecular weight is 170 g/mol. The predicted molar refractivity (Wildman–Crippen MR) is 42.8 cm³/mol. The van der Waals surface area contributed by atoms with Crippen LogP contribution < -0.4 is 0 Å². The number of ether oxygens (including phenoxy) is 2. The van der Waals surface area contributed by atoms with Crippen LogP contribution in [-0.2, 0) is 14.3 Å². The number of ketones is 1. The summed E-state index contributed by atoms with van der Waals surface area (Å²) in [5.41, 5.74) is 0. The molecular weight excluding hydrogens is 156 g/mol. The number of hydrogen-bond donors (Lipinski definition) is 0. The van der Waals surface area contributed by atoms with E-state index in [1.54, 1.807) is 14.2 Å². The van der Waals surface area contributed by atoms with Crippen LogP contribution in [0.15, 0.2) is 0 Å². The summed E-state index contributed by atoms with van der Waals surface area (Å²) in [4.78, 5) is 11.3. The second-order valence-electron chi connectivity index (χ2n) is 3.65. The van der Waals surface area contributed by atoms with Gasteiger partial charge in [0.25, 0.3) is 0 Å². The number of methoxy groups -OCH3 is 2. The van der Waals surface area contributed by atoms with Gasteiger partial charge in [-0.25, -0.2) is 0 Å². The van der Waals surface area contributed by atoms with Gasteiger partial charge in [0.2, 0.25) is 0 Å². The van der Waals surface area contributed by atoms with Crippen LogP contribution >= 0.6 is 0 Å². The van der Waals surface area contributed by atoms with E-state index < -0.39 is 0 Å². The van der Waals surface area contributed by atoms with E-state index in [0.717, 1.165) is 6.42 Å². The second-order valence-corrected chi connectivity index (χ2v) is 3.65. The molecule has 2 bridgehead atoms. The van der Waals surface area contributed by atoms with E-state index in [4.69, 9.17) is 9.47 Å². The lowest BCUT2D eigenvalue weighted by Gasteiger charge is -2.19. The predicted octanol–water partition coefficient (Wildman–Crippen LogP) is 0.625. The fourth-order valence-corrected chi connectivity index (χ4v) is 2.63. The summed E-state index contributed by atoms with van der Waals surface area (Å²) >= 11 is 0. The highest BCUT2D eigenvalue weighted by Crippen LogP contribution is 2.45. The molecule has 2 aliphatic rings. The molecule has 0 N–H and O–H groups in total. The van der Waals surface area contributed by atoms with Gasteiger partial charge in [-0.15, -0.1) is 0 Å². The Kier molecular flexibility index (Phi) is 1.93. The van der Waals surface area contributed by atoms with Gasteiger partial charge in [-0.05, 0) is 6.42 Å². The molecule has 4 atom stereocenters. The van der Waals surface area contributed by atoms with Crippen LogP contribution in [0.5, 0.6) is 0 Å². The average Bonchev–Trinajstić information content (AvgIpc) is 2.56. The van der Waals surface area contributed by atoms with Crippen LogP contribution in [0.3, 0.4) is 0 Å². The monoisotopic (exact) mass is 170 g/mol. The lowest BCUT2D eigenvalue weighted by molar-refractivity contribution is -0.124. The van der Waals surface area contributed by atoms with Gasteiger partial charge < -0.3 is 9.47 Å². The van der Waals surface area contributed by atoms with Gasteiger partial charge in [-0.3, -0.25) is 4.79 Å². The molecule has 0 aromatic carbocycles. The molecule has 12 heavy (non-hydrogen) atoms. The summed E-state index contributed by atoms with van der Waals surface area (Å²) < 4.78 is 10.6. The number of fused-ring (bicyclic) bond motifs is 2. The molecule has 2 rings (SSSR count). The molecule has 0 radical (unpaired) electrons. The van der Waals surface area contributed by atoms with Crippen molar-refractivity contribution in [2.45, 2.75) is 25.0 Å². The van der Waals surface area contributed by atoms with Gasteiger partial charge in [0, 0.05) is 32.5 Å². The zero-order chi connectivity index (χ0) is 8.72. The molecule has 4 unspecified atom stereocenters. The van der Waals surface area contributed by atoms with Crippen molar-refractivity contribution in [2.24, 2.45) is 11.8 Å². The van der Waals surface area contributed by atoms with Crippen LogP contribution in [-0.4, -0.2) is 32.2 Å². The molecule has 0 aliphatic heterocycles. The van der Waals surface area contributed by atoms with Gasteiger partial charge in [-0.1, -0.05) is 0 Å². The first-order chi connectivity index (χ1) is 5.77. The van der Waals surface area contributed by atoms with Gasteiger partial charge >= 0.3 is 0 Å². The SMILES string of the molecule is COC1CC2C(=O)CC1C2OC. The Morgan fingerprint density at radius 1 is 1.33 bits per heavy atom. The molecule has 2 aliphatic carbocycles. The number of Topliss-reactive ketones (excluding diaryl/α,β-unsaturated/α-hetero) is 1. The Hall–Kier alpha value is -0.410. The van der Waals surface area contributed by atoms with E-state index in [1.807, 2.05) is 0 Å². The highest BCUT2D eigenvalue weighted by molar-refractivity contribution is 5.85. The second kappa shape index (κ2) is 2.82. The van der Waals surface area contributed by atoms with Crippen LogP contribution in [0.1, 0.15) is 12.8 Å². The molecule has 2 saturated carbocycles. The number of hydrogen-bond acceptors (Lipinski definition) is 3. The van der Waals surface area contributed by atoms with Crippen molar-refractivity contribution >= 4 is 5.78 Å². The first-order valence-electron chi connectivity index (χ1n) is 4.36. The van der Waals surface area contributed by atoms with Gasteiger partial charge in [0.15, 0.2) is 0 Å². The van der Waals surface area contributed by atoms with E-state index in [0.29, 0.717) is 18.1 Å². The smallest absolute Gasteiger partial charge is 0.139 e. The fourth-order valence-electron chi connectivity index (χ4n) is 2.63. The maximum Gasteiger partial charge on any atom is 0.139 e. The molecule has 3 nitrogen and oxygen atoms in total. The number of carbonyl (C=O) groups is 1. The van der Waals surface area contributed by atoms with Crippen molar-refractivity contribution in [2.75, 3.05) is 14.2 Å². The van der Waals surface area contributed by atoms with E-state index in [2.05, 4.69) is 0 Å². The highest BCUT2D eigenvalue weighted by Gasteiger charge is 2.53. The minimum absolute atomic E-state index is 0.116. The Balaban J connectivity index is 2.15. The Morgan fingerprint density at radius 3 is 2.58 bits per heavy atom. The maximum atomic E-state index is 11.3. The third-order valence-electron chi connectivity index (χ3n) is 3.21. The molecule has 0 saturated heterocycles. The van der Waals surface area contributed by atoms with Crippen LogP contribution in [0, 0.1) is 11.8 Å². The van der Waals surface area contributed by atoms with Crippen LogP contribution in [0.4, 0.5) is 0 Å². The fraction of sp³-hybridized carbons (Fsp3) is 0.889. The van der Waals surface area contributed by atoms with Gasteiger partial charge in [0.05, 0.1) is 12.2 Å². The molecule has 0 heterocycles. The standard InChI is InChI=1S/C9H14O3/c1-11-8-4-5-7(10)3-6(8)9(5)12-2/h5-6,8-9H,3-4H2,1-2H3. The van der Waals surface area contributed by atoms with E-state index in [9.17, 15) is 4.79 Å². The molecule has 68 valence electrons. The van der Waals surface area contributed by atoms with Crippen LogP contribution in [0.25, 0.3) is 0 Å². The van der Waals surface area contributed by atoms with Crippen molar-refractivity contribution < 1.29 is 14.3 Å². The minimum atomic E-state index is 0.116. The lowest BCUT2D eigenvalue weighted by Crippen LogP contribution is -2.24. The first kappa shape index (κ1) is 8.20. The van der Waals surface area contributed by atoms with Crippen molar-refractivity contribution in [1.29, 1.82) is 0 Å². The third kappa shape index (κ3) is 0.930. The highest BCUT2D eigenvalue weighted by atomic mass is 16.5. The molecule has 0 spiro atoms. The largest absolute Gasteiger partial charge is 0.381 e. The topological polar surface area (TPSA) is 35.5 Å². The molecular formula is C9H14O3. The quantitative estimate of drug-likeness (QED) is 0.609. The minimum Gasteiger partial charge on any atom is -0.381 e. The van der Waals surface area contributed by atoms with E-state index in [-0.39, 0.29) is 18.1 Å². The van der Waals surface area contributed by atoms with E-state index in [1.165, 1.54) is 0 Å². The van der Waals surface area contributed by atoms with Crippen molar-refractivity contribution in [1.82, 2.24) is 0 Å². The summed E-state index contributed by atoms with van der Waals surface area (Å²) in [6, 6.07) is 0. The summed E-state index contributed by atoms with van der Waals surface area (Å²) in [5.74, 6) is 0.794. The zero-order valence-electron chi connectivity index (χ0n) is 7.45. The lowest BCUT2D eigenvalue weighted by atomic mass is 9.97. The Bertz CT molecular complexity index is 202. The van der Waals surface area contributed by atoms with Crippen LogP contribution in [0.2, 0.25) is 0 Å². The van der Waals surface area contributed by atoms with Crippen molar-refractivity contribution in [3.8, 4) is 0 Å². The molecule has 0 aromatic heterocycles. The maximum absolute atomic E-state index is 11.3. The Labute approximate surface area is 72.0 Å². The first-order valence-corrected chi connectivity index (χ1v) is 4.36. The molecule has 2 fully saturated rings. The molecule has 0 aromatic rings. The summed E-state index contributed by atoms with van der Waals surface area (Å²) in [6.45, 7) is 0. The van der Waals surface area contributed by atoms with Crippen molar-refractivity contribution in [3.63, 3.8) is 0 Å². The normalized spacial score (nSPS) is 45.7. The summed E-state index contributed by atoms with van der Waals surface area (Å²) in [6.07, 6.45) is 1.89. The Morgan fingerprint density at radius 2 is 2.08 bits per heavy atom. The van der Waals surface area contributed by atoms with E-state index >= 15 is 0 Å². The number of rotatable bonds is 2. The van der Waals surface area contributed by atoms with Gasteiger partial charge in [0.1, 0.15) is 5.78 Å². The molecule has 3 heteroatoms. The van der Waals surface area contributed by atoms with Crippen molar-refractivity contribution in [3.05, 3.63) is 0 Å². The summed E-state index contributed by atoms with van der Waals surface area (Å²) in [7, 11) is 3.39.